The van der Waals surface area contributed by atoms with Gasteiger partial charge < -0.3 is 9.80 Å². The van der Waals surface area contributed by atoms with Crippen LogP contribution in [0.1, 0.15) is 348 Å². The van der Waals surface area contributed by atoms with E-state index >= 15 is 9.59 Å². The summed E-state index contributed by atoms with van der Waals surface area (Å²) in [6, 6.07) is 28.9. The van der Waals surface area contributed by atoms with E-state index in [1.54, 1.807) is 5.56 Å². The van der Waals surface area contributed by atoms with Crippen molar-refractivity contribution in [3.8, 4) is 58.5 Å². The molecule has 0 N–H and O–H groups in total. The number of fused-ring (bicyclic) bond motifs is 1. The van der Waals surface area contributed by atoms with Crippen LogP contribution >= 0.6 is 90.7 Å². The highest BCUT2D eigenvalue weighted by atomic mass is 32.1. The van der Waals surface area contributed by atoms with Gasteiger partial charge in [-0.15, -0.1) is 90.7 Å². The maximum Gasteiger partial charge on any atom is 0.261 e. The topological polar surface area (TPSA) is 40.6 Å². The summed E-state index contributed by atoms with van der Waals surface area (Å²) in [6.45, 7) is 24.4. The van der Waals surface area contributed by atoms with Crippen LogP contribution in [0.5, 0.6) is 0 Å². The molecule has 584 valence electrons. The monoisotopic (exact) mass is 1590 g/mol. The van der Waals surface area contributed by atoms with E-state index in [1.807, 2.05) is 90.7 Å². The molecule has 10 rings (SSSR count). The van der Waals surface area contributed by atoms with Gasteiger partial charge in [0.05, 0.1) is 32.3 Å². The van der Waals surface area contributed by atoms with E-state index in [9.17, 15) is 0 Å². The van der Waals surface area contributed by atoms with Crippen molar-refractivity contribution in [1.82, 2.24) is 9.80 Å². The quantitative estimate of drug-likeness (QED) is 0.0357. The summed E-state index contributed by atoms with van der Waals surface area (Å²) in [5.41, 5.74) is 9.09. The summed E-state index contributed by atoms with van der Waals surface area (Å²) in [5, 5.41) is 0. The Kier molecular flexibility index (Phi) is 36.5. The van der Waals surface area contributed by atoms with E-state index in [4.69, 9.17) is 0 Å². The Labute approximate surface area is 681 Å². The fraction of sp³-hybridized carbons (Fsp3) is 0.600. The van der Waals surface area contributed by atoms with Crippen molar-refractivity contribution >= 4 is 114 Å². The number of carbonyl (C=O) groups excluding carboxylic acids is 2. The predicted molar refractivity (Wildman–Crippen MR) is 483 cm³/mol. The first-order valence-corrected chi connectivity index (χ1v) is 50.0. The smallest absolute Gasteiger partial charge is 0.261 e. The molecule has 0 bridgehead atoms. The summed E-state index contributed by atoms with van der Waals surface area (Å²) in [4.78, 5) is 59.1. The largest absolute Gasteiger partial charge is 0.306 e. The van der Waals surface area contributed by atoms with E-state index in [0.29, 0.717) is 36.1 Å². The van der Waals surface area contributed by atoms with Gasteiger partial charge in [-0.3, -0.25) is 9.59 Å². The SMILES string of the molecule is CCCCCCCCC(CCCCCC)CN1C(=O)C2=C(c3ccc(-c4sc(-c5ccc(-c6cc(CCCCC)c(-c7sc(-c8ccc(C)s8)cc7CCCCCC)s6)s5)cc4CCCCCC)s3)N(CC(CCCCCC)CCCCCCCC)C(=O)C2=C1c1ccc(-c2sc(C)cc2CCCCCC)s1. The molecule has 107 heavy (non-hydrogen) atoms. The maximum atomic E-state index is 16.6. The van der Waals surface area contributed by atoms with Gasteiger partial charge in [-0.05, 0) is 198 Å². The van der Waals surface area contributed by atoms with Gasteiger partial charge in [0.1, 0.15) is 0 Å². The number of unbranched alkanes of at least 4 members (excludes halogenated alkanes) is 27. The highest BCUT2D eigenvalue weighted by Gasteiger charge is 2.50. The lowest BCUT2D eigenvalue weighted by Crippen LogP contribution is -2.34. The molecular formula is C95H134N2O2S8. The van der Waals surface area contributed by atoms with Gasteiger partial charge >= 0.3 is 0 Å². The summed E-state index contributed by atoms with van der Waals surface area (Å²) >= 11 is 15.6. The fourth-order valence-corrected chi connectivity index (χ4v) is 25.9. The van der Waals surface area contributed by atoms with E-state index in [0.717, 1.165) is 78.9 Å². The van der Waals surface area contributed by atoms with E-state index in [2.05, 4.69) is 152 Å². The van der Waals surface area contributed by atoms with Gasteiger partial charge in [-0.25, -0.2) is 0 Å². The molecule has 0 spiro atoms. The maximum absolute atomic E-state index is 16.6. The zero-order valence-electron chi connectivity index (χ0n) is 67.9. The lowest BCUT2D eigenvalue weighted by molar-refractivity contribution is -0.124. The van der Waals surface area contributed by atoms with Crippen LogP contribution in [0.25, 0.3) is 69.9 Å². The molecule has 10 heterocycles. The molecule has 0 aliphatic carbocycles. The lowest BCUT2D eigenvalue weighted by Gasteiger charge is -2.29. The number of thiophene rings is 8. The van der Waals surface area contributed by atoms with Gasteiger partial charge in [-0.2, -0.15) is 0 Å². The van der Waals surface area contributed by atoms with E-state index in [-0.39, 0.29) is 11.8 Å². The first kappa shape index (κ1) is 85.4. The normalized spacial score (nSPS) is 13.9. The minimum absolute atomic E-state index is 0.0529. The number of hydrogen-bond acceptors (Lipinski definition) is 10. The molecule has 8 aromatic heterocycles. The Morgan fingerprint density at radius 2 is 0.542 bits per heavy atom. The molecule has 0 fully saturated rings. The third-order valence-corrected chi connectivity index (χ3v) is 32.6. The summed E-state index contributed by atoms with van der Waals surface area (Å²) < 4.78 is 0. The van der Waals surface area contributed by atoms with Gasteiger partial charge in [0.15, 0.2) is 0 Å². The number of carbonyl (C=O) groups is 2. The molecule has 2 unspecified atom stereocenters. The van der Waals surface area contributed by atoms with Crippen molar-refractivity contribution in [3.05, 3.63) is 126 Å². The molecule has 12 heteroatoms. The minimum atomic E-state index is 0.0529. The molecule has 2 atom stereocenters. The molecule has 0 saturated heterocycles. The lowest BCUT2D eigenvalue weighted by atomic mass is 9.93. The Morgan fingerprint density at radius 1 is 0.262 bits per heavy atom. The zero-order chi connectivity index (χ0) is 75.3. The van der Waals surface area contributed by atoms with Crippen LogP contribution in [0.15, 0.2) is 83.9 Å². The second kappa shape index (κ2) is 45.6. The minimum Gasteiger partial charge on any atom is -0.306 e. The Morgan fingerprint density at radius 3 is 0.935 bits per heavy atom. The highest BCUT2D eigenvalue weighted by Crippen LogP contribution is 2.55. The second-order valence-corrected chi connectivity index (χ2v) is 40.7. The van der Waals surface area contributed by atoms with Gasteiger partial charge in [-0.1, -0.05) is 254 Å². The number of hydrogen-bond donors (Lipinski definition) is 0. The second-order valence-electron chi connectivity index (χ2n) is 31.7. The molecule has 0 radical (unpaired) electrons. The van der Waals surface area contributed by atoms with Crippen molar-refractivity contribution in [3.63, 3.8) is 0 Å². The Bertz CT molecular complexity index is 4020. The van der Waals surface area contributed by atoms with Crippen LogP contribution in [-0.4, -0.2) is 34.7 Å². The molecule has 2 aliphatic rings. The standard InChI is InChI=1S/C95H134N2O2S8/c1-11-19-27-34-36-41-48-70(46-39-29-21-13-3)66-96-88(79-58-60-81(103-79)90-72(62-69(10)101-90)51-43-31-23-15-5)86-87(95(96)99)89(97(94(86)98)67-71(47-40-30-22-14-4)49-42-37-35-28-20-12-2)80-59-61-82(104-80)91-73(52-44-32-24-16-6)63-84(105-91)77-56-57-78(102-77)85-65-74(50-38-26-18-8)92(107-85)93-75(53-45-33-25-17-7)64-83(106-93)76-55-54-68(9)100-76/h54-65,70-71H,11-53,66-67H2,1-10H3. The van der Waals surface area contributed by atoms with Crippen LogP contribution in [0.4, 0.5) is 0 Å². The van der Waals surface area contributed by atoms with Gasteiger partial charge in [0.25, 0.3) is 11.8 Å². The van der Waals surface area contributed by atoms with Crippen LogP contribution in [-0.2, 0) is 35.3 Å². The van der Waals surface area contributed by atoms with E-state index in [1.165, 1.54) is 303 Å². The Balaban J connectivity index is 1.07. The number of nitrogens with zero attached hydrogens (tertiary/aromatic N) is 2. The van der Waals surface area contributed by atoms with Crippen molar-refractivity contribution < 1.29 is 9.59 Å². The number of rotatable bonds is 55. The average molecular weight is 1590 g/mol. The van der Waals surface area contributed by atoms with Crippen LogP contribution in [0, 0.1) is 25.7 Å². The van der Waals surface area contributed by atoms with Crippen molar-refractivity contribution in [2.45, 2.75) is 345 Å². The zero-order valence-corrected chi connectivity index (χ0v) is 74.4. The molecule has 4 nitrogen and oxygen atoms in total. The third-order valence-electron chi connectivity index (χ3n) is 22.6. The summed E-state index contributed by atoms with van der Waals surface area (Å²) in [5.74, 6) is 0.814. The Hall–Kier alpha value is -3.98. The van der Waals surface area contributed by atoms with Crippen LogP contribution in [0.2, 0.25) is 0 Å². The fourth-order valence-electron chi connectivity index (χ4n) is 16.5. The van der Waals surface area contributed by atoms with Crippen LogP contribution < -0.4 is 0 Å². The molecule has 0 saturated carbocycles. The summed E-state index contributed by atoms with van der Waals surface area (Å²) in [6.07, 6.45) is 52.3. The first-order chi connectivity index (χ1) is 52.4. The number of aryl methyl sites for hydroxylation is 6. The van der Waals surface area contributed by atoms with Crippen molar-refractivity contribution in [1.29, 1.82) is 0 Å². The van der Waals surface area contributed by atoms with Crippen molar-refractivity contribution in [2.75, 3.05) is 13.1 Å². The van der Waals surface area contributed by atoms with Gasteiger partial charge in [0.2, 0.25) is 0 Å². The first-order valence-electron chi connectivity index (χ1n) is 43.4. The van der Waals surface area contributed by atoms with E-state index < -0.39 is 0 Å². The van der Waals surface area contributed by atoms with Crippen LogP contribution in [0.3, 0.4) is 0 Å². The third kappa shape index (κ3) is 23.8. The molecular weight excluding hydrogens is 1460 g/mol. The highest BCUT2D eigenvalue weighted by molar-refractivity contribution is 7.31. The molecule has 2 aliphatic heterocycles. The molecule has 2 amide bonds. The van der Waals surface area contributed by atoms with Gasteiger partial charge in [0, 0.05) is 81.4 Å². The predicted octanol–water partition coefficient (Wildman–Crippen LogP) is 33.4. The summed E-state index contributed by atoms with van der Waals surface area (Å²) in [7, 11) is 0. The molecule has 8 aromatic rings. The number of amides is 2. The molecule has 0 aromatic carbocycles. The average Bonchev–Trinajstić information content (AvgIpc) is 1.55. The van der Waals surface area contributed by atoms with Crippen molar-refractivity contribution in [2.24, 2.45) is 11.8 Å².